The normalized spacial score (nSPS) is 14.1. The van der Waals surface area contributed by atoms with Crippen molar-refractivity contribution < 1.29 is 0 Å². The van der Waals surface area contributed by atoms with Gasteiger partial charge in [0.05, 0.1) is 0 Å². The molecule has 2 heteroatoms. The monoisotopic (exact) mass is 254 g/mol. The Labute approximate surface area is 115 Å². The van der Waals surface area contributed by atoms with E-state index in [1.165, 1.54) is 22.3 Å². The maximum atomic E-state index is 4.06. The fraction of sp³-hybridized carbons (Fsp3) is 0.353. The number of hydrogen-bond donors (Lipinski definition) is 1. The van der Waals surface area contributed by atoms with Gasteiger partial charge in [-0.1, -0.05) is 18.2 Å². The van der Waals surface area contributed by atoms with Gasteiger partial charge in [-0.3, -0.25) is 4.98 Å². The molecule has 1 heterocycles. The molecule has 0 saturated carbocycles. The molecule has 2 nitrogen and oxygen atoms in total. The van der Waals surface area contributed by atoms with E-state index >= 15 is 0 Å². The van der Waals surface area contributed by atoms with Crippen molar-refractivity contribution >= 4 is 0 Å². The molecule has 2 atom stereocenters. The van der Waals surface area contributed by atoms with Crippen LogP contribution in [-0.4, -0.2) is 4.98 Å². The van der Waals surface area contributed by atoms with Crippen LogP contribution in [0.5, 0.6) is 0 Å². The van der Waals surface area contributed by atoms with Gasteiger partial charge in [0, 0.05) is 24.5 Å². The first-order chi connectivity index (χ1) is 9.08. The van der Waals surface area contributed by atoms with E-state index in [9.17, 15) is 0 Å². The largest absolute Gasteiger partial charge is 0.304 e. The minimum atomic E-state index is 0.319. The van der Waals surface area contributed by atoms with E-state index in [0.717, 1.165) is 0 Å². The summed E-state index contributed by atoms with van der Waals surface area (Å²) in [5.74, 6) is 0. The van der Waals surface area contributed by atoms with Crippen LogP contribution in [0.2, 0.25) is 0 Å². The van der Waals surface area contributed by atoms with Crippen molar-refractivity contribution in [2.75, 3.05) is 0 Å². The summed E-state index contributed by atoms with van der Waals surface area (Å²) in [6.07, 6.45) is 3.68. The number of pyridine rings is 1. The van der Waals surface area contributed by atoms with Crippen LogP contribution in [0.25, 0.3) is 0 Å². The van der Waals surface area contributed by atoms with Crippen molar-refractivity contribution in [1.29, 1.82) is 0 Å². The van der Waals surface area contributed by atoms with Crippen molar-refractivity contribution in [3.8, 4) is 0 Å². The Bertz CT molecular complexity index is 534. The van der Waals surface area contributed by atoms with Gasteiger partial charge in [-0.15, -0.1) is 0 Å². The van der Waals surface area contributed by atoms with Crippen LogP contribution in [0, 0.1) is 13.8 Å². The molecule has 0 aliphatic heterocycles. The van der Waals surface area contributed by atoms with Gasteiger partial charge in [0.25, 0.3) is 0 Å². The number of aryl methyl sites for hydroxylation is 2. The molecule has 1 aromatic heterocycles. The Morgan fingerprint density at radius 2 is 1.47 bits per heavy atom. The molecule has 0 amide bonds. The molecule has 0 aliphatic rings. The molecule has 0 bridgehead atoms. The van der Waals surface area contributed by atoms with Crippen LogP contribution < -0.4 is 5.32 Å². The highest BCUT2D eigenvalue weighted by atomic mass is 14.9. The number of rotatable bonds is 4. The SMILES string of the molecule is Cc1ccc(C(C)N[C@H](C)c2ccncc2)cc1C. The summed E-state index contributed by atoms with van der Waals surface area (Å²) in [6, 6.07) is 11.4. The quantitative estimate of drug-likeness (QED) is 0.888. The van der Waals surface area contributed by atoms with E-state index in [0.29, 0.717) is 12.1 Å². The van der Waals surface area contributed by atoms with E-state index in [1.807, 2.05) is 12.4 Å². The third-order valence-corrected chi connectivity index (χ3v) is 3.74. The number of benzene rings is 1. The van der Waals surface area contributed by atoms with Crippen LogP contribution in [0.3, 0.4) is 0 Å². The van der Waals surface area contributed by atoms with Crippen LogP contribution >= 0.6 is 0 Å². The molecule has 0 fully saturated rings. The van der Waals surface area contributed by atoms with Gasteiger partial charge in [-0.05, 0) is 62.1 Å². The van der Waals surface area contributed by atoms with Gasteiger partial charge < -0.3 is 5.32 Å². The second-order valence-electron chi connectivity index (χ2n) is 5.23. The summed E-state index contributed by atoms with van der Waals surface area (Å²) in [5, 5.41) is 3.63. The Morgan fingerprint density at radius 1 is 0.842 bits per heavy atom. The number of nitrogens with zero attached hydrogens (tertiary/aromatic N) is 1. The summed E-state index contributed by atoms with van der Waals surface area (Å²) < 4.78 is 0. The van der Waals surface area contributed by atoms with Crippen molar-refractivity contribution in [2.24, 2.45) is 0 Å². The number of aromatic nitrogens is 1. The first kappa shape index (κ1) is 13.8. The second-order valence-corrected chi connectivity index (χ2v) is 5.23. The Balaban J connectivity index is 2.08. The first-order valence-electron chi connectivity index (χ1n) is 6.81. The van der Waals surface area contributed by atoms with Crippen molar-refractivity contribution in [3.63, 3.8) is 0 Å². The fourth-order valence-electron chi connectivity index (χ4n) is 2.25. The summed E-state index contributed by atoms with van der Waals surface area (Å²) in [6.45, 7) is 8.71. The maximum absolute atomic E-state index is 4.06. The molecule has 1 N–H and O–H groups in total. The zero-order chi connectivity index (χ0) is 13.8. The molecule has 0 saturated heterocycles. The zero-order valence-corrected chi connectivity index (χ0v) is 12.1. The van der Waals surface area contributed by atoms with Gasteiger partial charge in [-0.25, -0.2) is 0 Å². The molecule has 0 aliphatic carbocycles. The summed E-state index contributed by atoms with van der Waals surface area (Å²) in [4.78, 5) is 4.06. The molecule has 0 radical (unpaired) electrons. The third kappa shape index (κ3) is 3.42. The third-order valence-electron chi connectivity index (χ3n) is 3.74. The minimum Gasteiger partial charge on any atom is -0.304 e. The minimum absolute atomic E-state index is 0.319. The lowest BCUT2D eigenvalue weighted by atomic mass is 10.0. The predicted molar refractivity (Wildman–Crippen MR) is 80.1 cm³/mol. The fourth-order valence-corrected chi connectivity index (χ4v) is 2.25. The average Bonchev–Trinajstić information content (AvgIpc) is 2.42. The van der Waals surface area contributed by atoms with Gasteiger partial charge in [-0.2, -0.15) is 0 Å². The van der Waals surface area contributed by atoms with Gasteiger partial charge in [0.15, 0.2) is 0 Å². The Kier molecular flexibility index (Phi) is 4.33. The Morgan fingerprint density at radius 3 is 2.11 bits per heavy atom. The number of nitrogens with one attached hydrogen (secondary N) is 1. The van der Waals surface area contributed by atoms with E-state index < -0.39 is 0 Å². The summed E-state index contributed by atoms with van der Waals surface area (Å²) in [5.41, 5.74) is 5.30. The van der Waals surface area contributed by atoms with Crippen LogP contribution in [0.1, 0.15) is 48.2 Å². The predicted octanol–water partition coefficient (Wildman–Crippen LogP) is 4.11. The van der Waals surface area contributed by atoms with Crippen LogP contribution in [-0.2, 0) is 0 Å². The highest BCUT2D eigenvalue weighted by Crippen LogP contribution is 2.20. The summed E-state index contributed by atoms with van der Waals surface area (Å²) in [7, 11) is 0. The lowest BCUT2D eigenvalue weighted by molar-refractivity contribution is 0.494. The molecular weight excluding hydrogens is 232 g/mol. The highest BCUT2D eigenvalue weighted by molar-refractivity contribution is 5.31. The van der Waals surface area contributed by atoms with E-state index in [4.69, 9.17) is 0 Å². The lowest BCUT2D eigenvalue weighted by Gasteiger charge is -2.21. The van der Waals surface area contributed by atoms with E-state index in [1.54, 1.807) is 0 Å². The topological polar surface area (TPSA) is 24.9 Å². The second kappa shape index (κ2) is 5.98. The standard InChI is InChI=1S/C17H22N2/c1-12-5-6-17(11-13(12)2)15(4)19-14(3)16-7-9-18-10-8-16/h5-11,14-15,19H,1-4H3/t14-,15?/m1/s1. The molecule has 2 rings (SSSR count). The van der Waals surface area contributed by atoms with Gasteiger partial charge in [0.2, 0.25) is 0 Å². The molecule has 0 spiro atoms. The molecular formula is C17H22N2. The molecule has 19 heavy (non-hydrogen) atoms. The van der Waals surface area contributed by atoms with E-state index in [2.05, 4.69) is 68.3 Å². The number of hydrogen-bond acceptors (Lipinski definition) is 2. The molecule has 1 aromatic carbocycles. The summed E-state index contributed by atoms with van der Waals surface area (Å²) >= 11 is 0. The molecule has 100 valence electrons. The van der Waals surface area contributed by atoms with Gasteiger partial charge >= 0.3 is 0 Å². The lowest BCUT2D eigenvalue weighted by Crippen LogP contribution is -2.22. The van der Waals surface area contributed by atoms with Crippen LogP contribution in [0.4, 0.5) is 0 Å². The average molecular weight is 254 g/mol. The van der Waals surface area contributed by atoms with Gasteiger partial charge in [0.1, 0.15) is 0 Å². The van der Waals surface area contributed by atoms with Crippen molar-refractivity contribution in [2.45, 2.75) is 39.8 Å². The maximum Gasteiger partial charge on any atom is 0.0298 e. The van der Waals surface area contributed by atoms with E-state index in [-0.39, 0.29) is 0 Å². The zero-order valence-electron chi connectivity index (χ0n) is 12.1. The molecule has 1 unspecified atom stereocenters. The van der Waals surface area contributed by atoms with Crippen LogP contribution in [0.15, 0.2) is 42.7 Å². The Hall–Kier alpha value is -1.67. The van der Waals surface area contributed by atoms with Crippen molar-refractivity contribution in [1.82, 2.24) is 10.3 Å². The smallest absolute Gasteiger partial charge is 0.0298 e. The molecule has 2 aromatic rings. The van der Waals surface area contributed by atoms with Crippen molar-refractivity contribution in [3.05, 3.63) is 65.0 Å². The highest BCUT2D eigenvalue weighted by Gasteiger charge is 2.11. The first-order valence-corrected chi connectivity index (χ1v) is 6.81.